The van der Waals surface area contributed by atoms with Crippen molar-refractivity contribution in [1.82, 2.24) is 10.2 Å². The van der Waals surface area contributed by atoms with E-state index in [0.29, 0.717) is 34.2 Å². The Labute approximate surface area is 191 Å². The molecule has 0 bridgehead atoms. The molecule has 1 aliphatic rings. The molecule has 7 nitrogen and oxygen atoms in total. The standard InChI is InChI=1S/C23H24FN3O4S/c1-14-19(22(29)31-13-12-30-3)20(26-23(32)27(14)2)15-6-10-18(11-7-15)25-21(28)16-4-8-17(24)9-5-16/h4-11,20H,12-13H2,1-3H3,(H,25,28)(H,26,32). The number of rotatable bonds is 7. The maximum atomic E-state index is 13.1. The van der Waals surface area contributed by atoms with Crippen molar-refractivity contribution in [3.8, 4) is 0 Å². The number of hydrogen-bond donors (Lipinski definition) is 2. The molecule has 0 radical (unpaired) electrons. The van der Waals surface area contributed by atoms with E-state index in [-0.39, 0.29) is 12.5 Å². The molecule has 9 heteroatoms. The van der Waals surface area contributed by atoms with Gasteiger partial charge in [0.1, 0.15) is 12.4 Å². The molecule has 1 amide bonds. The van der Waals surface area contributed by atoms with E-state index >= 15 is 0 Å². The number of nitrogens with zero attached hydrogens (tertiary/aromatic N) is 1. The minimum atomic E-state index is -0.504. The number of anilines is 1. The summed E-state index contributed by atoms with van der Waals surface area (Å²) in [5.41, 5.74) is 2.81. The van der Waals surface area contributed by atoms with Gasteiger partial charge in [-0.1, -0.05) is 12.1 Å². The Morgan fingerprint density at radius 1 is 1.12 bits per heavy atom. The summed E-state index contributed by atoms with van der Waals surface area (Å²) in [6.07, 6.45) is 0. The monoisotopic (exact) mass is 457 g/mol. The van der Waals surface area contributed by atoms with Crippen LogP contribution in [0.2, 0.25) is 0 Å². The van der Waals surface area contributed by atoms with Gasteiger partial charge in [-0.15, -0.1) is 0 Å². The normalized spacial score (nSPS) is 15.9. The first-order chi connectivity index (χ1) is 15.3. The van der Waals surface area contributed by atoms with Gasteiger partial charge in [0.05, 0.1) is 18.2 Å². The Hall–Kier alpha value is -3.30. The van der Waals surface area contributed by atoms with Crippen molar-refractivity contribution in [2.45, 2.75) is 13.0 Å². The highest BCUT2D eigenvalue weighted by Crippen LogP contribution is 2.31. The molecule has 0 fully saturated rings. The molecule has 32 heavy (non-hydrogen) atoms. The molecule has 168 valence electrons. The number of amides is 1. The smallest absolute Gasteiger partial charge is 0.338 e. The third-order valence-corrected chi connectivity index (χ3v) is 5.49. The van der Waals surface area contributed by atoms with E-state index in [1.165, 1.54) is 31.4 Å². The Bertz CT molecular complexity index is 1040. The van der Waals surface area contributed by atoms with Crippen LogP contribution in [0.4, 0.5) is 10.1 Å². The predicted octanol–water partition coefficient (Wildman–Crippen LogP) is 3.40. The summed E-state index contributed by atoms with van der Waals surface area (Å²) >= 11 is 5.40. The van der Waals surface area contributed by atoms with E-state index in [1.54, 1.807) is 36.2 Å². The summed E-state index contributed by atoms with van der Waals surface area (Å²) in [5.74, 6) is -1.22. The lowest BCUT2D eigenvalue weighted by atomic mass is 9.95. The molecule has 3 rings (SSSR count). The van der Waals surface area contributed by atoms with Crippen LogP contribution in [0.25, 0.3) is 0 Å². The SMILES string of the molecule is COCCOC(=O)C1=C(C)N(C)C(=S)NC1c1ccc(NC(=O)c2ccc(F)cc2)cc1. The van der Waals surface area contributed by atoms with E-state index in [0.717, 1.165) is 5.56 Å². The molecule has 0 saturated heterocycles. The first kappa shape index (κ1) is 23.4. The van der Waals surface area contributed by atoms with Crippen LogP contribution in [0.3, 0.4) is 0 Å². The first-order valence-corrected chi connectivity index (χ1v) is 10.3. The van der Waals surface area contributed by atoms with Gasteiger partial charge in [-0.2, -0.15) is 0 Å². The molecule has 0 aromatic heterocycles. The van der Waals surface area contributed by atoms with Crippen molar-refractivity contribution in [2.24, 2.45) is 0 Å². The van der Waals surface area contributed by atoms with Gasteiger partial charge < -0.3 is 25.0 Å². The van der Waals surface area contributed by atoms with Gasteiger partial charge in [0.2, 0.25) is 0 Å². The number of ether oxygens (including phenoxy) is 2. The summed E-state index contributed by atoms with van der Waals surface area (Å²) in [6.45, 7) is 2.25. The number of esters is 1. The van der Waals surface area contributed by atoms with Crippen molar-refractivity contribution in [3.05, 3.63) is 76.7 Å². The summed E-state index contributed by atoms with van der Waals surface area (Å²) in [6, 6.07) is 11.8. The van der Waals surface area contributed by atoms with Gasteiger partial charge >= 0.3 is 5.97 Å². The molecule has 0 saturated carbocycles. The molecule has 2 aromatic rings. The minimum Gasteiger partial charge on any atom is -0.460 e. The minimum absolute atomic E-state index is 0.140. The van der Waals surface area contributed by atoms with Crippen molar-refractivity contribution < 1.29 is 23.5 Å². The predicted molar refractivity (Wildman–Crippen MR) is 123 cm³/mol. The maximum absolute atomic E-state index is 13.1. The summed E-state index contributed by atoms with van der Waals surface area (Å²) < 4.78 is 23.4. The Morgan fingerprint density at radius 2 is 1.78 bits per heavy atom. The number of benzene rings is 2. The second kappa shape index (κ2) is 10.3. The van der Waals surface area contributed by atoms with Crippen LogP contribution in [-0.2, 0) is 14.3 Å². The molecule has 0 spiro atoms. The molecule has 0 aliphatic carbocycles. The van der Waals surface area contributed by atoms with Gasteiger partial charge in [0.25, 0.3) is 5.91 Å². The summed E-state index contributed by atoms with van der Waals surface area (Å²) in [7, 11) is 3.31. The average molecular weight is 458 g/mol. The van der Waals surface area contributed by atoms with Crippen LogP contribution in [-0.4, -0.2) is 49.3 Å². The highest BCUT2D eigenvalue weighted by molar-refractivity contribution is 7.80. The van der Waals surface area contributed by atoms with Crippen LogP contribution in [0.1, 0.15) is 28.9 Å². The summed E-state index contributed by atoms with van der Waals surface area (Å²) in [4.78, 5) is 26.9. The lowest BCUT2D eigenvalue weighted by Crippen LogP contribution is -2.46. The Morgan fingerprint density at radius 3 is 2.41 bits per heavy atom. The van der Waals surface area contributed by atoms with Gasteiger partial charge in [-0.25, -0.2) is 9.18 Å². The fourth-order valence-electron chi connectivity index (χ4n) is 3.21. The zero-order valence-corrected chi connectivity index (χ0v) is 18.8. The number of halogens is 1. The maximum Gasteiger partial charge on any atom is 0.338 e. The highest BCUT2D eigenvalue weighted by Gasteiger charge is 2.33. The van der Waals surface area contributed by atoms with Crippen molar-refractivity contribution in [1.29, 1.82) is 0 Å². The lowest BCUT2D eigenvalue weighted by molar-refractivity contribution is -0.140. The third-order valence-electron chi connectivity index (χ3n) is 5.10. The first-order valence-electron chi connectivity index (χ1n) is 9.89. The number of methoxy groups -OCH3 is 1. The van der Waals surface area contributed by atoms with Crippen LogP contribution in [0.15, 0.2) is 59.8 Å². The second-order valence-electron chi connectivity index (χ2n) is 7.15. The van der Waals surface area contributed by atoms with Crippen LogP contribution in [0, 0.1) is 5.82 Å². The van der Waals surface area contributed by atoms with Crippen molar-refractivity contribution in [3.63, 3.8) is 0 Å². The highest BCUT2D eigenvalue weighted by atomic mass is 32.1. The summed E-state index contributed by atoms with van der Waals surface area (Å²) in [5, 5.41) is 6.42. The number of hydrogen-bond acceptors (Lipinski definition) is 5. The van der Waals surface area contributed by atoms with Gasteiger partial charge in [0.15, 0.2) is 5.11 Å². The average Bonchev–Trinajstić information content (AvgIpc) is 2.78. The van der Waals surface area contributed by atoms with E-state index in [9.17, 15) is 14.0 Å². The number of carbonyl (C=O) groups excluding carboxylic acids is 2. The Balaban J connectivity index is 1.80. The van der Waals surface area contributed by atoms with E-state index in [1.807, 2.05) is 6.92 Å². The molecular formula is C23H24FN3O4S. The molecule has 2 N–H and O–H groups in total. The van der Waals surface area contributed by atoms with Gasteiger partial charge in [0, 0.05) is 31.1 Å². The van der Waals surface area contributed by atoms with E-state index in [2.05, 4.69) is 10.6 Å². The zero-order chi connectivity index (χ0) is 23.3. The zero-order valence-electron chi connectivity index (χ0n) is 18.0. The molecular weight excluding hydrogens is 433 g/mol. The third kappa shape index (κ3) is 5.30. The fourth-order valence-corrected chi connectivity index (χ4v) is 3.46. The second-order valence-corrected chi connectivity index (χ2v) is 7.54. The Kier molecular flexibility index (Phi) is 7.55. The van der Waals surface area contributed by atoms with Crippen molar-refractivity contribution in [2.75, 3.05) is 32.7 Å². The molecule has 1 heterocycles. The molecule has 1 unspecified atom stereocenters. The number of nitrogens with one attached hydrogen (secondary N) is 2. The van der Waals surface area contributed by atoms with E-state index in [4.69, 9.17) is 21.7 Å². The largest absolute Gasteiger partial charge is 0.460 e. The fraction of sp³-hybridized carbons (Fsp3) is 0.261. The molecule has 2 aromatic carbocycles. The van der Waals surface area contributed by atoms with Crippen molar-refractivity contribution >= 4 is 34.9 Å². The molecule has 1 aliphatic heterocycles. The van der Waals surface area contributed by atoms with Crippen LogP contribution in [0.5, 0.6) is 0 Å². The quantitative estimate of drug-likeness (QED) is 0.375. The topological polar surface area (TPSA) is 79.9 Å². The van der Waals surface area contributed by atoms with Crippen LogP contribution < -0.4 is 10.6 Å². The van der Waals surface area contributed by atoms with E-state index < -0.39 is 17.8 Å². The number of carbonyl (C=O) groups is 2. The van der Waals surface area contributed by atoms with Gasteiger partial charge in [-0.05, 0) is 61.1 Å². The number of thiocarbonyl (C=S) groups is 1. The lowest BCUT2D eigenvalue weighted by Gasteiger charge is -2.35. The molecule has 1 atom stereocenters. The van der Waals surface area contributed by atoms with Crippen LogP contribution >= 0.6 is 12.2 Å². The van der Waals surface area contributed by atoms with Gasteiger partial charge in [-0.3, -0.25) is 4.79 Å². The number of allylic oxidation sites excluding steroid dienone is 1.